The quantitative estimate of drug-likeness (QED) is 0.553. The zero-order valence-corrected chi connectivity index (χ0v) is 9.98. The predicted molar refractivity (Wildman–Crippen MR) is 67.5 cm³/mol. The number of amides is 1. The van der Waals surface area contributed by atoms with E-state index in [2.05, 4.69) is 10.6 Å². The first-order valence-electron chi connectivity index (χ1n) is 5.86. The molecule has 0 spiro atoms. The molecule has 2 rings (SSSR count). The maximum atomic E-state index is 11.8. The van der Waals surface area contributed by atoms with E-state index in [1.165, 1.54) is 12.1 Å². The Bertz CT molecular complexity index is 431. The zero-order chi connectivity index (χ0) is 13.0. The van der Waals surface area contributed by atoms with Gasteiger partial charge in [0.15, 0.2) is 0 Å². The van der Waals surface area contributed by atoms with Gasteiger partial charge in [-0.3, -0.25) is 4.79 Å². The monoisotopic (exact) mass is 251 g/mol. The van der Waals surface area contributed by atoms with Gasteiger partial charge in [0.2, 0.25) is 0 Å². The summed E-state index contributed by atoms with van der Waals surface area (Å²) in [5.74, 6) is -0.447. The van der Waals surface area contributed by atoms with E-state index < -0.39 is 0 Å². The Morgan fingerprint density at radius 1 is 1.61 bits per heavy atom. The number of aromatic hydroxyl groups is 1. The Hall–Kier alpha value is -1.79. The third-order valence-electron chi connectivity index (χ3n) is 2.76. The molecule has 18 heavy (non-hydrogen) atoms. The van der Waals surface area contributed by atoms with Crippen molar-refractivity contribution in [2.75, 3.05) is 32.0 Å². The molecule has 0 aliphatic carbocycles. The summed E-state index contributed by atoms with van der Waals surface area (Å²) in [6, 6.07) is 4.43. The molecular formula is C12H17N3O3. The van der Waals surface area contributed by atoms with Gasteiger partial charge in [-0.2, -0.15) is 0 Å². The van der Waals surface area contributed by atoms with Crippen LogP contribution in [0.15, 0.2) is 18.2 Å². The number of benzene rings is 1. The molecule has 0 saturated carbocycles. The molecule has 1 heterocycles. The summed E-state index contributed by atoms with van der Waals surface area (Å²) in [5.41, 5.74) is 6.13. The molecule has 1 aliphatic rings. The number of carbonyl (C=O) groups is 1. The van der Waals surface area contributed by atoms with Crippen molar-refractivity contribution in [3.63, 3.8) is 0 Å². The van der Waals surface area contributed by atoms with Crippen LogP contribution in [0.5, 0.6) is 5.75 Å². The first-order chi connectivity index (χ1) is 8.66. The van der Waals surface area contributed by atoms with Crippen molar-refractivity contribution < 1.29 is 14.6 Å². The Balaban J connectivity index is 1.90. The van der Waals surface area contributed by atoms with Gasteiger partial charge in [0.1, 0.15) is 5.75 Å². The highest BCUT2D eigenvalue weighted by Crippen LogP contribution is 2.19. The van der Waals surface area contributed by atoms with E-state index in [-0.39, 0.29) is 23.3 Å². The van der Waals surface area contributed by atoms with Gasteiger partial charge in [0.25, 0.3) is 5.91 Å². The van der Waals surface area contributed by atoms with Gasteiger partial charge in [0, 0.05) is 31.4 Å². The minimum Gasteiger partial charge on any atom is -0.507 e. The van der Waals surface area contributed by atoms with Crippen LogP contribution in [0.25, 0.3) is 0 Å². The number of hydrogen-bond acceptors (Lipinski definition) is 5. The number of carbonyl (C=O) groups excluding carboxylic acids is 1. The largest absolute Gasteiger partial charge is 0.507 e. The lowest BCUT2D eigenvalue weighted by atomic mass is 10.1. The van der Waals surface area contributed by atoms with Crippen molar-refractivity contribution in [1.82, 2.24) is 10.6 Å². The summed E-state index contributed by atoms with van der Waals surface area (Å²) in [4.78, 5) is 11.8. The summed E-state index contributed by atoms with van der Waals surface area (Å²) in [6.45, 7) is 2.61. The molecular weight excluding hydrogens is 234 g/mol. The van der Waals surface area contributed by atoms with E-state index in [0.717, 1.165) is 6.54 Å². The van der Waals surface area contributed by atoms with Crippen molar-refractivity contribution in [3.05, 3.63) is 23.8 Å². The van der Waals surface area contributed by atoms with Gasteiger partial charge >= 0.3 is 0 Å². The fourth-order valence-corrected chi connectivity index (χ4v) is 1.79. The highest BCUT2D eigenvalue weighted by atomic mass is 16.5. The molecule has 0 radical (unpaired) electrons. The molecule has 98 valence electrons. The summed E-state index contributed by atoms with van der Waals surface area (Å²) in [7, 11) is 0. The second-order valence-corrected chi connectivity index (χ2v) is 4.18. The molecule has 1 atom stereocenters. The van der Waals surface area contributed by atoms with E-state index in [4.69, 9.17) is 10.5 Å². The fourth-order valence-electron chi connectivity index (χ4n) is 1.79. The highest BCUT2D eigenvalue weighted by molar-refractivity contribution is 5.97. The standard InChI is InChI=1S/C12H17N3O3/c13-8-1-2-10(11(16)5-8)12(17)15-7-9-6-14-3-4-18-9/h1-2,5,9,14,16H,3-4,6-7,13H2,(H,15,17). The second-order valence-electron chi connectivity index (χ2n) is 4.18. The fraction of sp³-hybridized carbons (Fsp3) is 0.417. The number of ether oxygens (including phenoxy) is 1. The van der Waals surface area contributed by atoms with Gasteiger partial charge < -0.3 is 26.2 Å². The molecule has 0 bridgehead atoms. The molecule has 1 aromatic rings. The zero-order valence-electron chi connectivity index (χ0n) is 9.98. The number of phenols is 1. The number of nitrogen functional groups attached to an aromatic ring is 1. The lowest BCUT2D eigenvalue weighted by Gasteiger charge is -2.23. The smallest absolute Gasteiger partial charge is 0.255 e. The number of phenolic OH excluding ortho intramolecular Hbond substituents is 1. The number of nitrogens with one attached hydrogen (secondary N) is 2. The molecule has 1 aliphatic heterocycles. The van der Waals surface area contributed by atoms with Crippen LogP contribution in [0.2, 0.25) is 0 Å². The molecule has 0 aromatic heterocycles. The summed E-state index contributed by atoms with van der Waals surface area (Å²) in [5, 5.41) is 15.5. The van der Waals surface area contributed by atoms with Crippen molar-refractivity contribution >= 4 is 11.6 Å². The lowest BCUT2D eigenvalue weighted by molar-refractivity contribution is 0.0287. The van der Waals surface area contributed by atoms with E-state index in [1.807, 2.05) is 0 Å². The van der Waals surface area contributed by atoms with Crippen LogP contribution in [-0.2, 0) is 4.74 Å². The van der Waals surface area contributed by atoms with Crippen LogP contribution in [0.4, 0.5) is 5.69 Å². The van der Waals surface area contributed by atoms with Gasteiger partial charge in [-0.05, 0) is 12.1 Å². The first kappa shape index (κ1) is 12.7. The topological polar surface area (TPSA) is 96.6 Å². The van der Waals surface area contributed by atoms with Crippen LogP contribution in [0, 0.1) is 0 Å². The SMILES string of the molecule is Nc1ccc(C(=O)NCC2CNCCO2)c(O)c1. The Morgan fingerprint density at radius 2 is 2.44 bits per heavy atom. The average Bonchev–Trinajstić information content (AvgIpc) is 2.37. The first-order valence-corrected chi connectivity index (χ1v) is 5.86. The van der Waals surface area contributed by atoms with E-state index in [9.17, 15) is 9.90 Å². The highest BCUT2D eigenvalue weighted by Gasteiger charge is 2.16. The van der Waals surface area contributed by atoms with Crippen LogP contribution in [0.1, 0.15) is 10.4 Å². The maximum Gasteiger partial charge on any atom is 0.255 e. The molecule has 1 fully saturated rings. The van der Waals surface area contributed by atoms with Crippen molar-refractivity contribution in [1.29, 1.82) is 0 Å². The van der Waals surface area contributed by atoms with Gasteiger partial charge in [0.05, 0.1) is 18.3 Å². The number of anilines is 1. The minimum atomic E-state index is -0.332. The second kappa shape index (κ2) is 5.70. The normalized spacial score (nSPS) is 19.4. The average molecular weight is 251 g/mol. The van der Waals surface area contributed by atoms with E-state index in [0.29, 0.717) is 25.4 Å². The summed E-state index contributed by atoms with van der Waals surface area (Å²) in [6.07, 6.45) is -0.0291. The van der Waals surface area contributed by atoms with Crippen LogP contribution in [0.3, 0.4) is 0 Å². The van der Waals surface area contributed by atoms with Crippen LogP contribution < -0.4 is 16.4 Å². The molecule has 1 amide bonds. The third kappa shape index (κ3) is 3.12. The Kier molecular flexibility index (Phi) is 4.01. The third-order valence-corrected chi connectivity index (χ3v) is 2.76. The Morgan fingerprint density at radius 3 is 3.11 bits per heavy atom. The van der Waals surface area contributed by atoms with Gasteiger partial charge in [-0.15, -0.1) is 0 Å². The maximum absolute atomic E-state index is 11.8. The van der Waals surface area contributed by atoms with E-state index >= 15 is 0 Å². The van der Waals surface area contributed by atoms with Crippen molar-refractivity contribution in [2.45, 2.75) is 6.10 Å². The number of hydrogen-bond donors (Lipinski definition) is 4. The van der Waals surface area contributed by atoms with Gasteiger partial charge in [-0.25, -0.2) is 0 Å². The summed E-state index contributed by atoms with van der Waals surface area (Å²) >= 11 is 0. The van der Waals surface area contributed by atoms with Gasteiger partial charge in [-0.1, -0.05) is 0 Å². The molecule has 6 nitrogen and oxygen atoms in total. The number of morpholine rings is 1. The molecule has 1 unspecified atom stereocenters. The van der Waals surface area contributed by atoms with E-state index in [1.54, 1.807) is 6.07 Å². The van der Waals surface area contributed by atoms with Crippen molar-refractivity contribution in [3.8, 4) is 5.75 Å². The molecule has 1 saturated heterocycles. The molecule has 5 N–H and O–H groups in total. The number of rotatable bonds is 3. The lowest BCUT2D eigenvalue weighted by Crippen LogP contribution is -2.45. The van der Waals surface area contributed by atoms with Crippen molar-refractivity contribution in [2.24, 2.45) is 0 Å². The summed E-state index contributed by atoms with van der Waals surface area (Å²) < 4.78 is 5.45. The molecule has 1 aromatic carbocycles. The Labute approximate surface area is 105 Å². The number of nitrogens with two attached hydrogens (primary N) is 1. The predicted octanol–water partition coefficient (Wildman–Crippen LogP) is -0.307. The molecule has 6 heteroatoms. The van der Waals surface area contributed by atoms with Crippen LogP contribution in [-0.4, -0.2) is 43.4 Å². The minimum absolute atomic E-state index is 0.0291. The van der Waals surface area contributed by atoms with Crippen LogP contribution >= 0.6 is 0 Å².